The molecule has 1 amide bonds. The van der Waals surface area contributed by atoms with Gasteiger partial charge in [0.05, 0.1) is 10.3 Å². The van der Waals surface area contributed by atoms with Crippen molar-refractivity contribution in [1.82, 2.24) is 15.3 Å². The van der Waals surface area contributed by atoms with Crippen LogP contribution in [-0.2, 0) is 0 Å². The van der Waals surface area contributed by atoms with Gasteiger partial charge in [0.2, 0.25) is 0 Å². The van der Waals surface area contributed by atoms with Crippen LogP contribution in [0.4, 0.5) is 5.82 Å². The van der Waals surface area contributed by atoms with Gasteiger partial charge in [-0.15, -0.1) is 11.3 Å². The Morgan fingerprint density at radius 3 is 2.59 bits per heavy atom. The molecule has 1 N–H and O–H groups in total. The summed E-state index contributed by atoms with van der Waals surface area (Å²) in [6.45, 7) is 5.36. The van der Waals surface area contributed by atoms with E-state index in [0.717, 1.165) is 45.9 Å². The van der Waals surface area contributed by atoms with Crippen LogP contribution in [0.1, 0.15) is 79.9 Å². The Bertz CT molecular complexity index is 810. The summed E-state index contributed by atoms with van der Waals surface area (Å²) in [6, 6.07) is 0.802. The van der Waals surface area contributed by atoms with Gasteiger partial charge in [-0.1, -0.05) is 25.7 Å². The second kappa shape index (κ2) is 8.13. The number of rotatable bonds is 3. The topological polar surface area (TPSA) is 58.1 Å². The average molecular weight is 387 g/mol. The molecule has 2 aromatic heterocycles. The molecule has 1 unspecified atom stereocenters. The number of carbonyl (C=O) groups is 1. The number of hydrogen-bond acceptors (Lipinski definition) is 5. The smallest absolute Gasteiger partial charge is 0.261 e. The van der Waals surface area contributed by atoms with E-state index in [1.807, 2.05) is 0 Å². The Hall–Kier alpha value is -1.69. The largest absolute Gasteiger partial charge is 0.353 e. The fourth-order valence-electron chi connectivity index (χ4n) is 4.57. The molecule has 0 bridgehead atoms. The lowest BCUT2D eigenvalue weighted by atomic mass is 10.0. The Balaban J connectivity index is 1.63. The van der Waals surface area contributed by atoms with Gasteiger partial charge in [-0.25, -0.2) is 9.97 Å². The van der Waals surface area contributed by atoms with Crippen molar-refractivity contribution in [2.45, 2.75) is 83.7 Å². The molecule has 27 heavy (non-hydrogen) atoms. The number of nitrogens with one attached hydrogen (secondary N) is 1. The Labute approximate surface area is 165 Å². The number of hydrogen-bond donors (Lipinski definition) is 1. The molecule has 3 heterocycles. The summed E-state index contributed by atoms with van der Waals surface area (Å²) in [4.78, 5) is 26.3. The summed E-state index contributed by atoms with van der Waals surface area (Å²) in [5, 5.41) is 4.37. The van der Waals surface area contributed by atoms with Crippen molar-refractivity contribution >= 4 is 33.3 Å². The molecule has 2 aliphatic rings. The monoisotopic (exact) mass is 386 g/mol. The van der Waals surface area contributed by atoms with Crippen molar-refractivity contribution in [3.63, 3.8) is 0 Å². The predicted octanol–water partition coefficient (Wildman–Crippen LogP) is 4.83. The molecule has 4 rings (SSSR count). The van der Waals surface area contributed by atoms with E-state index >= 15 is 0 Å². The fourth-order valence-corrected chi connectivity index (χ4v) is 5.62. The third-order valence-corrected chi connectivity index (χ3v) is 7.38. The number of nitrogens with zero attached hydrogens (tertiary/aromatic N) is 3. The number of carbonyl (C=O) groups excluding carboxylic acids is 1. The summed E-state index contributed by atoms with van der Waals surface area (Å²) in [5.41, 5.74) is 1.04. The zero-order valence-corrected chi connectivity index (χ0v) is 17.3. The van der Waals surface area contributed by atoms with Crippen molar-refractivity contribution in [3.05, 3.63) is 16.8 Å². The van der Waals surface area contributed by atoms with E-state index in [9.17, 15) is 4.79 Å². The average Bonchev–Trinajstić information content (AvgIpc) is 2.83. The van der Waals surface area contributed by atoms with Gasteiger partial charge in [0.25, 0.3) is 5.91 Å². The number of amides is 1. The normalized spacial score (nSPS) is 22.0. The molecule has 1 saturated heterocycles. The highest BCUT2D eigenvalue weighted by atomic mass is 32.1. The van der Waals surface area contributed by atoms with Crippen molar-refractivity contribution in [2.24, 2.45) is 0 Å². The highest BCUT2D eigenvalue weighted by Gasteiger charge is 2.26. The lowest BCUT2D eigenvalue weighted by molar-refractivity contribution is 0.0937. The number of aromatic nitrogens is 2. The maximum absolute atomic E-state index is 13.0. The number of aryl methyl sites for hydroxylation is 1. The first-order chi connectivity index (χ1) is 13.1. The summed E-state index contributed by atoms with van der Waals surface area (Å²) in [7, 11) is 0. The first kappa shape index (κ1) is 18.7. The fraction of sp³-hybridized carbons (Fsp3) is 0.667. The van der Waals surface area contributed by atoms with E-state index < -0.39 is 0 Å². The van der Waals surface area contributed by atoms with E-state index in [1.54, 1.807) is 6.33 Å². The lowest BCUT2D eigenvalue weighted by Crippen LogP contribution is -2.38. The maximum atomic E-state index is 13.0. The summed E-state index contributed by atoms with van der Waals surface area (Å²) < 4.78 is 0. The predicted molar refractivity (Wildman–Crippen MR) is 112 cm³/mol. The number of piperidine rings is 1. The minimum absolute atomic E-state index is 0.0695. The van der Waals surface area contributed by atoms with Crippen molar-refractivity contribution in [1.29, 1.82) is 0 Å². The third kappa shape index (κ3) is 3.82. The first-order valence-electron chi connectivity index (χ1n) is 10.5. The Morgan fingerprint density at radius 2 is 1.85 bits per heavy atom. The Morgan fingerprint density at radius 1 is 1.11 bits per heavy atom. The minimum atomic E-state index is 0.0695. The number of fused-ring (bicyclic) bond motifs is 1. The van der Waals surface area contributed by atoms with E-state index in [1.165, 1.54) is 56.3 Å². The second-order valence-corrected chi connectivity index (χ2v) is 9.13. The van der Waals surface area contributed by atoms with Crippen LogP contribution < -0.4 is 10.2 Å². The number of thiophene rings is 1. The summed E-state index contributed by atoms with van der Waals surface area (Å²) in [6.07, 6.45) is 12.6. The molecule has 0 aromatic carbocycles. The quantitative estimate of drug-likeness (QED) is 0.768. The van der Waals surface area contributed by atoms with Crippen LogP contribution in [0, 0.1) is 6.92 Å². The van der Waals surface area contributed by atoms with Gasteiger partial charge in [-0.05, 0) is 51.5 Å². The van der Waals surface area contributed by atoms with Gasteiger partial charge in [0, 0.05) is 18.6 Å². The maximum Gasteiger partial charge on any atom is 0.261 e. The van der Waals surface area contributed by atoms with E-state index in [2.05, 4.69) is 34.0 Å². The van der Waals surface area contributed by atoms with Crippen LogP contribution in [0.5, 0.6) is 0 Å². The molecule has 6 heteroatoms. The van der Waals surface area contributed by atoms with Crippen LogP contribution in [0.2, 0.25) is 0 Å². The SMILES string of the molecule is Cc1c(C(=O)NC2CCCCCC2)sc2ncnc(N3CCCCC3C)c12. The van der Waals surface area contributed by atoms with Crippen molar-refractivity contribution in [3.8, 4) is 0 Å². The molecule has 1 atom stereocenters. The standard InChI is InChI=1S/C21H30N4OS/c1-14-9-7-8-12-25(14)19-17-15(2)18(27-21(17)23-13-22-19)20(26)24-16-10-5-3-4-6-11-16/h13-14,16H,3-12H2,1-2H3,(H,24,26). The Kier molecular flexibility index (Phi) is 5.62. The van der Waals surface area contributed by atoms with Crippen LogP contribution in [0.15, 0.2) is 6.33 Å². The molecular formula is C21H30N4OS. The van der Waals surface area contributed by atoms with Gasteiger partial charge in [0.15, 0.2) is 0 Å². The van der Waals surface area contributed by atoms with Gasteiger partial charge < -0.3 is 10.2 Å². The molecule has 2 aromatic rings. The second-order valence-electron chi connectivity index (χ2n) is 8.13. The van der Waals surface area contributed by atoms with Crippen LogP contribution >= 0.6 is 11.3 Å². The van der Waals surface area contributed by atoms with Crippen LogP contribution in [0.25, 0.3) is 10.2 Å². The number of anilines is 1. The molecular weight excluding hydrogens is 356 g/mol. The first-order valence-corrected chi connectivity index (χ1v) is 11.3. The molecule has 1 saturated carbocycles. The van der Waals surface area contributed by atoms with Crippen molar-refractivity contribution < 1.29 is 4.79 Å². The summed E-state index contributed by atoms with van der Waals surface area (Å²) in [5.74, 6) is 1.08. The molecule has 5 nitrogen and oxygen atoms in total. The minimum Gasteiger partial charge on any atom is -0.353 e. The van der Waals surface area contributed by atoms with Crippen LogP contribution in [-0.4, -0.2) is 34.5 Å². The van der Waals surface area contributed by atoms with Gasteiger partial charge >= 0.3 is 0 Å². The molecule has 1 aliphatic heterocycles. The van der Waals surface area contributed by atoms with Crippen molar-refractivity contribution in [2.75, 3.05) is 11.4 Å². The highest BCUT2D eigenvalue weighted by Crippen LogP contribution is 2.37. The van der Waals surface area contributed by atoms with Gasteiger partial charge in [0.1, 0.15) is 17.0 Å². The molecule has 2 fully saturated rings. The van der Waals surface area contributed by atoms with E-state index in [-0.39, 0.29) is 5.91 Å². The zero-order chi connectivity index (χ0) is 18.8. The molecule has 1 aliphatic carbocycles. The van der Waals surface area contributed by atoms with Crippen LogP contribution in [0.3, 0.4) is 0 Å². The van der Waals surface area contributed by atoms with E-state index in [4.69, 9.17) is 0 Å². The van der Waals surface area contributed by atoms with Gasteiger partial charge in [-0.3, -0.25) is 4.79 Å². The van der Waals surface area contributed by atoms with Gasteiger partial charge in [-0.2, -0.15) is 0 Å². The molecule has 0 spiro atoms. The highest BCUT2D eigenvalue weighted by molar-refractivity contribution is 7.20. The molecule has 146 valence electrons. The summed E-state index contributed by atoms with van der Waals surface area (Å²) >= 11 is 1.52. The lowest BCUT2D eigenvalue weighted by Gasteiger charge is -2.34. The third-order valence-electron chi connectivity index (χ3n) is 6.18. The van der Waals surface area contributed by atoms with E-state index in [0.29, 0.717) is 12.1 Å². The molecule has 0 radical (unpaired) electrons. The zero-order valence-electron chi connectivity index (χ0n) is 16.5.